The Bertz CT molecular complexity index is 503. The minimum Gasteiger partial charge on any atom is -0.314 e. The fourth-order valence-electron chi connectivity index (χ4n) is 1.77. The maximum atomic E-state index is 4.48. The van der Waals surface area contributed by atoms with E-state index in [-0.39, 0.29) is 0 Å². The summed E-state index contributed by atoms with van der Waals surface area (Å²) in [6, 6.07) is 10.4. The van der Waals surface area contributed by atoms with E-state index in [1.165, 1.54) is 5.56 Å². The number of rotatable bonds is 3. The second kappa shape index (κ2) is 5.06. The molecule has 2 aromatic rings. The number of nitrogens with zero attached hydrogens (tertiary/aromatic N) is 2. The van der Waals surface area contributed by atoms with Crippen LogP contribution in [0.15, 0.2) is 30.3 Å². The van der Waals surface area contributed by atoms with Crippen LogP contribution in [0.5, 0.6) is 0 Å². The molecule has 0 saturated carbocycles. The van der Waals surface area contributed by atoms with Gasteiger partial charge < -0.3 is 5.32 Å². The molecule has 0 aliphatic heterocycles. The zero-order valence-corrected chi connectivity index (χ0v) is 10.5. The topological polar surface area (TPSA) is 37.8 Å². The van der Waals surface area contributed by atoms with Crippen molar-refractivity contribution in [1.29, 1.82) is 0 Å². The molecule has 0 aliphatic rings. The maximum absolute atomic E-state index is 4.48. The van der Waals surface area contributed by atoms with Crippen molar-refractivity contribution in [3.8, 4) is 11.3 Å². The van der Waals surface area contributed by atoms with Crippen LogP contribution in [0.3, 0.4) is 0 Å². The molecule has 88 valence electrons. The van der Waals surface area contributed by atoms with Gasteiger partial charge in [-0.25, -0.2) is 9.97 Å². The number of hydrogen-bond donors (Lipinski definition) is 1. The molecule has 0 unspecified atom stereocenters. The lowest BCUT2D eigenvalue weighted by molar-refractivity contribution is 0.779. The van der Waals surface area contributed by atoms with Gasteiger partial charge in [0.05, 0.1) is 11.4 Å². The first-order valence-electron chi connectivity index (χ1n) is 5.75. The Labute approximate surface area is 102 Å². The van der Waals surface area contributed by atoms with E-state index in [9.17, 15) is 0 Å². The van der Waals surface area contributed by atoms with Gasteiger partial charge >= 0.3 is 0 Å². The zero-order valence-electron chi connectivity index (χ0n) is 10.5. The van der Waals surface area contributed by atoms with Crippen LogP contribution >= 0.6 is 0 Å². The summed E-state index contributed by atoms with van der Waals surface area (Å²) < 4.78 is 0. The van der Waals surface area contributed by atoms with Gasteiger partial charge in [0.2, 0.25) is 0 Å². The van der Waals surface area contributed by atoms with Crippen LogP contribution in [0.2, 0.25) is 0 Å². The Hall–Kier alpha value is -1.74. The Morgan fingerprint density at radius 2 is 1.76 bits per heavy atom. The van der Waals surface area contributed by atoms with Crippen molar-refractivity contribution in [2.24, 2.45) is 0 Å². The predicted molar refractivity (Wildman–Crippen MR) is 69.7 cm³/mol. The molecule has 0 radical (unpaired) electrons. The average Bonchev–Trinajstić information content (AvgIpc) is 2.29. The number of benzene rings is 1. The molecule has 0 aliphatic carbocycles. The van der Waals surface area contributed by atoms with E-state index in [4.69, 9.17) is 0 Å². The normalized spacial score (nSPS) is 10.5. The lowest BCUT2D eigenvalue weighted by Gasteiger charge is -2.06. The first-order valence-corrected chi connectivity index (χ1v) is 5.75. The fraction of sp³-hybridized carbons (Fsp3) is 0.286. The maximum Gasteiger partial charge on any atom is 0.126 e. The Balaban J connectivity index is 2.40. The SMILES string of the molecule is CNCc1cc(-c2ccc(C)cc2)nc(C)n1. The van der Waals surface area contributed by atoms with Crippen molar-refractivity contribution >= 4 is 0 Å². The van der Waals surface area contributed by atoms with Gasteiger partial charge in [-0.1, -0.05) is 29.8 Å². The summed E-state index contributed by atoms with van der Waals surface area (Å²) >= 11 is 0. The first-order chi connectivity index (χ1) is 8.19. The van der Waals surface area contributed by atoms with Crippen molar-refractivity contribution in [1.82, 2.24) is 15.3 Å². The molecule has 1 heterocycles. The third kappa shape index (κ3) is 2.88. The van der Waals surface area contributed by atoms with Crippen LogP contribution < -0.4 is 5.32 Å². The summed E-state index contributed by atoms with van der Waals surface area (Å²) in [6.45, 7) is 4.78. The molecule has 1 N–H and O–H groups in total. The largest absolute Gasteiger partial charge is 0.314 e. The fourth-order valence-corrected chi connectivity index (χ4v) is 1.77. The Morgan fingerprint density at radius 1 is 1.06 bits per heavy atom. The molecule has 17 heavy (non-hydrogen) atoms. The highest BCUT2D eigenvalue weighted by molar-refractivity contribution is 5.59. The van der Waals surface area contributed by atoms with Crippen molar-refractivity contribution in [3.05, 3.63) is 47.4 Å². The number of aromatic nitrogens is 2. The minimum absolute atomic E-state index is 0.766. The molecular weight excluding hydrogens is 210 g/mol. The standard InChI is InChI=1S/C14H17N3/c1-10-4-6-12(7-5-10)14-8-13(9-15-3)16-11(2)17-14/h4-8,15H,9H2,1-3H3. The monoisotopic (exact) mass is 227 g/mol. The second-order valence-electron chi connectivity index (χ2n) is 4.19. The number of nitrogens with one attached hydrogen (secondary N) is 1. The number of aryl methyl sites for hydroxylation is 2. The zero-order chi connectivity index (χ0) is 12.3. The molecule has 3 nitrogen and oxygen atoms in total. The van der Waals surface area contributed by atoms with Crippen molar-refractivity contribution < 1.29 is 0 Å². The summed E-state index contributed by atoms with van der Waals surface area (Å²) in [7, 11) is 1.92. The lowest BCUT2D eigenvalue weighted by Crippen LogP contribution is -2.08. The van der Waals surface area contributed by atoms with Crippen LogP contribution in [0.25, 0.3) is 11.3 Å². The van der Waals surface area contributed by atoms with Gasteiger partial charge in [-0.2, -0.15) is 0 Å². The molecule has 0 fully saturated rings. The molecule has 0 saturated heterocycles. The van der Waals surface area contributed by atoms with E-state index < -0.39 is 0 Å². The molecule has 2 rings (SSSR count). The molecule has 3 heteroatoms. The second-order valence-corrected chi connectivity index (χ2v) is 4.19. The van der Waals surface area contributed by atoms with Gasteiger partial charge in [-0.15, -0.1) is 0 Å². The van der Waals surface area contributed by atoms with Gasteiger partial charge in [0.25, 0.3) is 0 Å². The summed E-state index contributed by atoms with van der Waals surface area (Å²) in [5.41, 5.74) is 4.41. The smallest absolute Gasteiger partial charge is 0.126 e. The van der Waals surface area contributed by atoms with Gasteiger partial charge in [0.15, 0.2) is 0 Å². The molecular formula is C14H17N3. The first kappa shape index (κ1) is 11.7. The van der Waals surface area contributed by atoms with Crippen LogP contribution in [0.4, 0.5) is 0 Å². The highest BCUT2D eigenvalue weighted by atomic mass is 14.9. The van der Waals surface area contributed by atoms with Crippen molar-refractivity contribution in [2.45, 2.75) is 20.4 Å². The highest BCUT2D eigenvalue weighted by Crippen LogP contribution is 2.18. The molecule has 0 atom stereocenters. The molecule has 1 aromatic heterocycles. The summed E-state index contributed by atoms with van der Waals surface area (Å²) in [4.78, 5) is 8.87. The quantitative estimate of drug-likeness (QED) is 0.875. The van der Waals surface area contributed by atoms with Gasteiger partial charge in [0.1, 0.15) is 5.82 Å². The predicted octanol–water partition coefficient (Wildman–Crippen LogP) is 2.48. The lowest BCUT2D eigenvalue weighted by atomic mass is 10.1. The van der Waals surface area contributed by atoms with E-state index >= 15 is 0 Å². The average molecular weight is 227 g/mol. The van der Waals surface area contributed by atoms with Crippen LogP contribution in [-0.4, -0.2) is 17.0 Å². The van der Waals surface area contributed by atoms with E-state index in [1.54, 1.807) is 0 Å². The van der Waals surface area contributed by atoms with E-state index in [0.29, 0.717) is 0 Å². The Kier molecular flexibility index (Phi) is 3.49. The van der Waals surface area contributed by atoms with Crippen LogP contribution in [0, 0.1) is 13.8 Å². The van der Waals surface area contributed by atoms with Crippen LogP contribution in [0.1, 0.15) is 17.1 Å². The summed E-state index contributed by atoms with van der Waals surface area (Å²) in [5, 5.41) is 3.11. The van der Waals surface area contributed by atoms with Crippen LogP contribution in [-0.2, 0) is 6.54 Å². The van der Waals surface area contributed by atoms with E-state index in [1.807, 2.05) is 20.0 Å². The van der Waals surface area contributed by atoms with Gasteiger partial charge in [-0.05, 0) is 27.0 Å². The Morgan fingerprint density at radius 3 is 2.41 bits per heavy atom. The molecule has 0 bridgehead atoms. The summed E-state index contributed by atoms with van der Waals surface area (Å²) in [6.07, 6.45) is 0. The molecule has 0 spiro atoms. The number of hydrogen-bond acceptors (Lipinski definition) is 3. The minimum atomic E-state index is 0.766. The van der Waals surface area contributed by atoms with Gasteiger partial charge in [0, 0.05) is 12.1 Å². The van der Waals surface area contributed by atoms with Crippen molar-refractivity contribution in [2.75, 3.05) is 7.05 Å². The van der Waals surface area contributed by atoms with Gasteiger partial charge in [-0.3, -0.25) is 0 Å². The van der Waals surface area contributed by atoms with E-state index in [2.05, 4.69) is 46.5 Å². The molecule has 0 amide bonds. The van der Waals surface area contributed by atoms with Crippen molar-refractivity contribution in [3.63, 3.8) is 0 Å². The highest BCUT2D eigenvalue weighted by Gasteiger charge is 2.03. The molecule has 1 aromatic carbocycles. The third-order valence-corrected chi connectivity index (χ3v) is 2.60. The third-order valence-electron chi connectivity index (χ3n) is 2.60. The summed E-state index contributed by atoms with van der Waals surface area (Å²) in [5.74, 6) is 0.813. The van der Waals surface area contributed by atoms with E-state index in [0.717, 1.165) is 29.3 Å².